The third-order valence-corrected chi connectivity index (χ3v) is 13.9. The van der Waals surface area contributed by atoms with Gasteiger partial charge in [-0.3, -0.25) is 5.32 Å². The van der Waals surface area contributed by atoms with E-state index in [-0.39, 0.29) is 11.5 Å². The molecule has 1 heterocycles. The SMILES string of the molecule is CC(C)CCC[C@@H](C)[C@H]1CC[C@H]2[C@@H]3CC=C4C[C@@H](OC(=O)Nc5ccc([C@H]6O[C@H](CO)[C@H](O)[C@H](O)[C@H]6O)cc5)CC[C@]4(C)[C@H]3CC[C@]12C. The van der Waals surface area contributed by atoms with Gasteiger partial charge in [0.05, 0.1) is 6.61 Å². The first kappa shape index (κ1) is 35.8. The number of ether oxygens (including phenoxy) is 2. The zero-order chi connectivity index (χ0) is 34.4. The van der Waals surface area contributed by atoms with E-state index in [1.165, 1.54) is 56.9 Å². The fourth-order valence-electron chi connectivity index (χ4n) is 11.2. The maximum Gasteiger partial charge on any atom is 0.411 e. The number of rotatable bonds is 9. The number of anilines is 1. The quantitative estimate of drug-likeness (QED) is 0.177. The molecule has 0 bridgehead atoms. The normalized spacial score (nSPS) is 41.5. The number of aliphatic hydroxyl groups excluding tert-OH is 4. The van der Waals surface area contributed by atoms with E-state index in [1.54, 1.807) is 24.3 Å². The summed E-state index contributed by atoms with van der Waals surface area (Å²) in [5.41, 5.74) is 3.28. The monoisotopic (exact) mass is 667 g/mol. The number of aliphatic hydroxyl groups is 4. The van der Waals surface area contributed by atoms with Gasteiger partial charge >= 0.3 is 6.09 Å². The summed E-state index contributed by atoms with van der Waals surface area (Å²) in [4.78, 5) is 13.0. The fraction of sp³-hybridized carbons (Fsp3) is 0.775. The van der Waals surface area contributed by atoms with E-state index in [1.807, 2.05) is 0 Å². The topological polar surface area (TPSA) is 128 Å². The van der Waals surface area contributed by atoms with Crippen LogP contribution in [0.1, 0.15) is 117 Å². The second kappa shape index (κ2) is 14.3. The lowest BCUT2D eigenvalue weighted by atomic mass is 9.47. The van der Waals surface area contributed by atoms with Crippen LogP contribution in [0.3, 0.4) is 0 Å². The third-order valence-electron chi connectivity index (χ3n) is 13.9. The average Bonchev–Trinajstić information content (AvgIpc) is 3.41. The summed E-state index contributed by atoms with van der Waals surface area (Å²) in [6.45, 7) is 11.9. The minimum absolute atomic E-state index is 0.148. The second-order valence-corrected chi connectivity index (χ2v) is 17.1. The first-order chi connectivity index (χ1) is 22.9. The highest BCUT2D eigenvalue weighted by Crippen LogP contribution is 2.67. The van der Waals surface area contributed by atoms with Crippen LogP contribution in [0.25, 0.3) is 0 Å². The lowest BCUT2D eigenvalue weighted by Crippen LogP contribution is -2.55. The Balaban J connectivity index is 1.04. The van der Waals surface area contributed by atoms with Crippen molar-refractivity contribution in [3.05, 3.63) is 41.5 Å². The van der Waals surface area contributed by atoms with Gasteiger partial charge in [-0.2, -0.15) is 0 Å². The van der Waals surface area contributed by atoms with E-state index in [9.17, 15) is 25.2 Å². The largest absolute Gasteiger partial charge is 0.446 e. The molecule has 1 amide bonds. The highest BCUT2D eigenvalue weighted by atomic mass is 16.6. The van der Waals surface area contributed by atoms with Gasteiger partial charge in [0.15, 0.2) is 0 Å². The van der Waals surface area contributed by atoms with E-state index >= 15 is 0 Å². The Morgan fingerprint density at radius 2 is 1.71 bits per heavy atom. The summed E-state index contributed by atoms with van der Waals surface area (Å²) < 4.78 is 11.6. The van der Waals surface area contributed by atoms with Crippen LogP contribution < -0.4 is 5.32 Å². The van der Waals surface area contributed by atoms with Crippen molar-refractivity contribution in [2.45, 2.75) is 142 Å². The number of hydrogen-bond donors (Lipinski definition) is 5. The molecule has 1 aromatic rings. The van der Waals surface area contributed by atoms with Gasteiger partial charge in [-0.05, 0) is 109 Å². The fourth-order valence-corrected chi connectivity index (χ4v) is 11.2. The molecule has 6 rings (SSSR count). The highest BCUT2D eigenvalue weighted by Gasteiger charge is 2.59. The summed E-state index contributed by atoms with van der Waals surface area (Å²) >= 11 is 0. The molecule has 1 aromatic carbocycles. The van der Waals surface area contributed by atoms with Crippen molar-refractivity contribution in [3.63, 3.8) is 0 Å². The minimum atomic E-state index is -1.44. The Hall–Kier alpha value is -1.97. The number of benzene rings is 1. The number of nitrogens with one attached hydrogen (secondary N) is 1. The minimum Gasteiger partial charge on any atom is -0.446 e. The molecule has 48 heavy (non-hydrogen) atoms. The average molecular weight is 668 g/mol. The summed E-state index contributed by atoms with van der Waals surface area (Å²) in [5, 5.41) is 43.0. The Labute approximate surface area is 287 Å². The van der Waals surface area contributed by atoms with Crippen LogP contribution in [-0.4, -0.2) is 63.6 Å². The standard InChI is InChI=1S/C40H61NO7/c1-23(2)7-6-8-24(3)30-15-16-31-29-14-11-26-21-28(17-19-39(26,4)32(29)18-20-40(30,31)5)47-38(46)41-27-12-9-25(10-13-27)37-36(45)35(44)34(43)33(22-42)48-37/h9-13,23-24,28-37,42-45H,6-8,14-22H2,1-5H3,(H,41,46)/t24-,28+,29+,30-,31+,32+,33-,34+,35+,36-,37-,39+,40-/m1/s1. The van der Waals surface area contributed by atoms with Gasteiger partial charge in [-0.15, -0.1) is 0 Å². The molecule has 268 valence electrons. The maximum atomic E-state index is 13.0. The molecule has 3 saturated carbocycles. The van der Waals surface area contributed by atoms with Crippen molar-refractivity contribution in [1.29, 1.82) is 0 Å². The smallest absolute Gasteiger partial charge is 0.411 e. The number of amides is 1. The number of carbonyl (C=O) groups excluding carboxylic acids is 1. The second-order valence-electron chi connectivity index (χ2n) is 17.1. The van der Waals surface area contributed by atoms with Crippen molar-refractivity contribution in [2.24, 2.45) is 46.3 Å². The van der Waals surface area contributed by atoms with Crippen molar-refractivity contribution in [1.82, 2.24) is 0 Å². The van der Waals surface area contributed by atoms with Gasteiger partial charge in [0.1, 0.15) is 36.6 Å². The molecule has 1 saturated heterocycles. The molecule has 4 aliphatic carbocycles. The van der Waals surface area contributed by atoms with Gasteiger partial charge < -0.3 is 29.9 Å². The number of allylic oxidation sites excluding steroid dienone is 1. The van der Waals surface area contributed by atoms with Gasteiger partial charge in [-0.1, -0.05) is 77.7 Å². The van der Waals surface area contributed by atoms with Gasteiger partial charge in [0, 0.05) is 12.1 Å². The zero-order valence-corrected chi connectivity index (χ0v) is 29.8. The van der Waals surface area contributed by atoms with Crippen molar-refractivity contribution >= 4 is 11.8 Å². The molecule has 0 unspecified atom stereocenters. The Morgan fingerprint density at radius 3 is 2.42 bits per heavy atom. The number of carbonyl (C=O) groups is 1. The maximum absolute atomic E-state index is 13.0. The number of hydrogen-bond acceptors (Lipinski definition) is 7. The van der Waals surface area contributed by atoms with Gasteiger partial charge in [0.2, 0.25) is 0 Å². The first-order valence-electron chi connectivity index (χ1n) is 18.9. The third kappa shape index (κ3) is 6.73. The lowest BCUT2D eigenvalue weighted by Gasteiger charge is -2.58. The molecule has 4 fully saturated rings. The zero-order valence-electron chi connectivity index (χ0n) is 29.8. The van der Waals surface area contributed by atoms with Crippen LogP contribution in [0.15, 0.2) is 35.9 Å². The van der Waals surface area contributed by atoms with Crippen molar-refractivity contribution in [2.75, 3.05) is 11.9 Å². The molecule has 0 spiro atoms. The predicted octanol–water partition coefficient (Wildman–Crippen LogP) is 7.16. The van der Waals surface area contributed by atoms with E-state index in [4.69, 9.17) is 9.47 Å². The van der Waals surface area contributed by atoms with Crippen LogP contribution in [0.4, 0.5) is 10.5 Å². The summed E-state index contributed by atoms with van der Waals surface area (Å²) in [7, 11) is 0. The van der Waals surface area contributed by atoms with Gasteiger partial charge in [-0.25, -0.2) is 4.79 Å². The van der Waals surface area contributed by atoms with E-state index in [0.29, 0.717) is 16.7 Å². The molecule has 1 aliphatic heterocycles. The van der Waals surface area contributed by atoms with Crippen molar-refractivity contribution in [3.8, 4) is 0 Å². The summed E-state index contributed by atoms with van der Waals surface area (Å²) in [6, 6.07) is 6.76. The summed E-state index contributed by atoms with van der Waals surface area (Å²) in [6.07, 6.45) is 9.30. The molecule has 8 heteroatoms. The van der Waals surface area contributed by atoms with Crippen LogP contribution in [-0.2, 0) is 9.47 Å². The van der Waals surface area contributed by atoms with Crippen LogP contribution in [0, 0.1) is 46.3 Å². The molecule has 5 N–H and O–H groups in total. The molecule has 0 aromatic heterocycles. The molecular formula is C40H61NO7. The Kier molecular flexibility index (Phi) is 10.7. The highest BCUT2D eigenvalue weighted by molar-refractivity contribution is 5.84. The van der Waals surface area contributed by atoms with Crippen LogP contribution >= 0.6 is 0 Å². The molecule has 5 aliphatic rings. The van der Waals surface area contributed by atoms with Crippen LogP contribution in [0.5, 0.6) is 0 Å². The molecule has 13 atom stereocenters. The Morgan fingerprint density at radius 1 is 0.958 bits per heavy atom. The predicted molar refractivity (Wildman–Crippen MR) is 186 cm³/mol. The van der Waals surface area contributed by atoms with Crippen molar-refractivity contribution < 1.29 is 34.7 Å². The molecular weight excluding hydrogens is 606 g/mol. The Bertz CT molecular complexity index is 1300. The van der Waals surface area contributed by atoms with E-state index < -0.39 is 43.2 Å². The molecule has 0 radical (unpaired) electrons. The summed E-state index contributed by atoms with van der Waals surface area (Å²) in [5.74, 6) is 4.81. The van der Waals surface area contributed by atoms with E-state index in [0.717, 1.165) is 54.8 Å². The van der Waals surface area contributed by atoms with Gasteiger partial charge in [0.25, 0.3) is 0 Å². The number of fused-ring (bicyclic) bond motifs is 5. The lowest BCUT2D eigenvalue weighted by molar-refractivity contribution is -0.231. The first-order valence-corrected chi connectivity index (χ1v) is 18.9. The van der Waals surface area contributed by atoms with E-state index in [2.05, 4.69) is 46.0 Å². The van der Waals surface area contributed by atoms with Crippen LogP contribution in [0.2, 0.25) is 0 Å². The molecule has 8 nitrogen and oxygen atoms in total.